The second kappa shape index (κ2) is 5.90. The van der Waals surface area contributed by atoms with Crippen LogP contribution in [-0.2, 0) is 21.3 Å². The lowest BCUT2D eigenvalue weighted by Gasteiger charge is -2.17. The van der Waals surface area contributed by atoms with Crippen molar-refractivity contribution < 1.29 is 14.2 Å². The van der Waals surface area contributed by atoms with Crippen LogP contribution in [0.5, 0.6) is 0 Å². The zero-order valence-corrected chi connectivity index (χ0v) is 12.2. The summed E-state index contributed by atoms with van der Waals surface area (Å²) in [6.45, 7) is 2.07. The molecule has 7 heteroatoms. The predicted octanol–water partition coefficient (Wildman–Crippen LogP) is -0.196. The van der Waals surface area contributed by atoms with Gasteiger partial charge >= 0.3 is 5.69 Å². The van der Waals surface area contributed by atoms with E-state index in [1.807, 2.05) is 0 Å². The van der Waals surface area contributed by atoms with Crippen LogP contribution in [0.25, 0.3) is 0 Å². The molecular formula is C13H20N2O5. The SMILES string of the molecule is COCC1OC(n2cc(C)c(=O)n(C)c2=O)CC1OC. The van der Waals surface area contributed by atoms with Crippen LogP contribution in [0.2, 0.25) is 0 Å². The molecule has 1 aliphatic rings. The first kappa shape index (κ1) is 15.0. The number of nitrogens with zero attached hydrogens (tertiary/aromatic N) is 2. The van der Waals surface area contributed by atoms with E-state index in [1.165, 1.54) is 17.8 Å². The Bertz CT molecular complexity index is 591. The summed E-state index contributed by atoms with van der Waals surface area (Å²) < 4.78 is 18.8. The Balaban J connectivity index is 2.34. The van der Waals surface area contributed by atoms with Gasteiger partial charge in [0.25, 0.3) is 5.56 Å². The summed E-state index contributed by atoms with van der Waals surface area (Å²) in [6, 6.07) is 0. The van der Waals surface area contributed by atoms with Crippen LogP contribution in [0.15, 0.2) is 15.8 Å². The van der Waals surface area contributed by atoms with Crippen molar-refractivity contribution in [2.45, 2.75) is 31.8 Å². The average Bonchev–Trinajstić information content (AvgIpc) is 2.84. The molecule has 0 amide bonds. The van der Waals surface area contributed by atoms with Crippen molar-refractivity contribution in [1.82, 2.24) is 9.13 Å². The molecule has 3 atom stereocenters. The predicted molar refractivity (Wildman–Crippen MR) is 71.9 cm³/mol. The lowest BCUT2D eigenvalue weighted by Crippen LogP contribution is -2.40. The molecule has 0 bridgehead atoms. The van der Waals surface area contributed by atoms with Crippen molar-refractivity contribution in [2.75, 3.05) is 20.8 Å². The van der Waals surface area contributed by atoms with E-state index in [9.17, 15) is 9.59 Å². The van der Waals surface area contributed by atoms with Crippen LogP contribution in [0, 0.1) is 6.92 Å². The number of aryl methyl sites for hydroxylation is 1. The van der Waals surface area contributed by atoms with Gasteiger partial charge < -0.3 is 14.2 Å². The first-order valence-corrected chi connectivity index (χ1v) is 6.45. The fraction of sp³-hybridized carbons (Fsp3) is 0.692. The van der Waals surface area contributed by atoms with Crippen molar-refractivity contribution in [3.63, 3.8) is 0 Å². The summed E-state index contributed by atoms with van der Waals surface area (Å²) in [5, 5.41) is 0. The number of rotatable bonds is 4. The van der Waals surface area contributed by atoms with E-state index in [0.717, 1.165) is 4.57 Å². The molecule has 0 radical (unpaired) electrons. The highest BCUT2D eigenvalue weighted by atomic mass is 16.6. The number of hydrogen-bond acceptors (Lipinski definition) is 5. The molecule has 2 rings (SSSR count). The summed E-state index contributed by atoms with van der Waals surface area (Å²) in [5.74, 6) is 0. The van der Waals surface area contributed by atoms with Gasteiger partial charge in [0, 0.05) is 39.4 Å². The molecule has 112 valence electrons. The van der Waals surface area contributed by atoms with Gasteiger partial charge in [0.1, 0.15) is 12.3 Å². The minimum Gasteiger partial charge on any atom is -0.382 e. The fourth-order valence-corrected chi connectivity index (χ4v) is 2.48. The lowest BCUT2D eigenvalue weighted by atomic mass is 10.2. The third-order valence-electron chi connectivity index (χ3n) is 3.61. The Morgan fingerprint density at radius 3 is 2.70 bits per heavy atom. The van der Waals surface area contributed by atoms with E-state index in [0.29, 0.717) is 18.6 Å². The standard InChI is InChI=1S/C13H20N2O5/c1-8-6-15(13(17)14(2)12(8)16)11-5-9(19-4)10(20-11)7-18-3/h6,9-11H,5,7H2,1-4H3. The summed E-state index contributed by atoms with van der Waals surface area (Å²) in [5.41, 5.74) is -0.181. The molecule has 0 N–H and O–H groups in total. The molecule has 0 aliphatic carbocycles. The van der Waals surface area contributed by atoms with E-state index >= 15 is 0 Å². The largest absolute Gasteiger partial charge is 0.382 e. The highest BCUT2D eigenvalue weighted by molar-refractivity contribution is 5.03. The first-order valence-electron chi connectivity index (χ1n) is 6.45. The summed E-state index contributed by atoms with van der Waals surface area (Å²) in [4.78, 5) is 23.9. The molecular weight excluding hydrogens is 264 g/mol. The third-order valence-corrected chi connectivity index (χ3v) is 3.61. The second-order valence-electron chi connectivity index (χ2n) is 4.96. The van der Waals surface area contributed by atoms with E-state index in [2.05, 4.69) is 0 Å². The van der Waals surface area contributed by atoms with Crippen molar-refractivity contribution in [2.24, 2.45) is 7.05 Å². The quantitative estimate of drug-likeness (QED) is 0.766. The molecule has 1 aromatic heterocycles. The molecule has 2 heterocycles. The van der Waals surface area contributed by atoms with Crippen LogP contribution in [-0.4, -0.2) is 42.2 Å². The first-order chi connectivity index (χ1) is 9.49. The maximum absolute atomic E-state index is 12.2. The third kappa shape index (κ3) is 2.56. The monoisotopic (exact) mass is 284 g/mol. The van der Waals surface area contributed by atoms with Gasteiger partial charge in [-0.25, -0.2) is 4.79 Å². The molecule has 0 spiro atoms. The Labute approximate surface area is 116 Å². The van der Waals surface area contributed by atoms with Crippen LogP contribution in [0.4, 0.5) is 0 Å². The summed E-state index contributed by atoms with van der Waals surface area (Å²) in [6.07, 6.45) is 1.28. The average molecular weight is 284 g/mol. The normalized spacial score (nSPS) is 26.1. The Hall–Kier alpha value is -1.44. The van der Waals surface area contributed by atoms with E-state index in [1.54, 1.807) is 21.1 Å². The molecule has 20 heavy (non-hydrogen) atoms. The number of hydrogen-bond donors (Lipinski definition) is 0. The van der Waals surface area contributed by atoms with Gasteiger partial charge in [-0.1, -0.05) is 0 Å². The molecule has 0 aromatic carbocycles. The maximum atomic E-state index is 12.2. The zero-order chi connectivity index (χ0) is 14.9. The van der Waals surface area contributed by atoms with E-state index in [-0.39, 0.29) is 17.8 Å². The van der Waals surface area contributed by atoms with Gasteiger partial charge in [0.2, 0.25) is 0 Å². The highest BCUT2D eigenvalue weighted by Crippen LogP contribution is 2.29. The Morgan fingerprint density at radius 1 is 1.40 bits per heavy atom. The van der Waals surface area contributed by atoms with Gasteiger partial charge in [-0.05, 0) is 6.92 Å². The Kier molecular flexibility index (Phi) is 4.42. The zero-order valence-electron chi connectivity index (χ0n) is 12.2. The summed E-state index contributed by atoms with van der Waals surface area (Å²) >= 11 is 0. The Morgan fingerprint density at radius 2 is 2.10 bits per heavy atom. The van der Waals surface area contributed by atoms with Crippen molar-refractivity contribution >= 4 is 0 Å². The fourth-order valence-electron chi connectivity index (χ4n) is 2.48. The molecule has 1 fully saturated rings. The number of aromatic nitrogens is 2. The summed E-state index contributed by atoms with van der Waals surface area (Å²) in [7, 11) is 4.66. The van der Waals surface area contributed by atoms with Crippen molar-refractivity contribution in [1.29, 1.82) is 0 Å². The lowest BCUT2D eigenvalue weighted by molar-refractivity contribution is -0.0621. The van der Waals surface area contributed by atoms with Crippen molar-refractivity contribution in [3.8, 4) is 0 Å². The van der Waals surface area contributed by atoms with E-state index < -0.39 is 11.9 Å². The maximum Gasteiger partial charge on any atom is 0.332 e. The molecule has 1 aromatic rings. The second-order valence-corrected chi connectivity index (χ2v) is 4.96. The van der Waals surface area contributed by atoms with Crippen molar-refractivity contribution in [3.05, 3.63) is 32.6 Å². The number of ether oxygens (including phenoxy) is 3. The van der Waals surface area contributed by atoms with Crippen LogP contribution in [0.3, 0.4) is 0 Å². The van der Waals surface area contributed by atoms with Crippen LogP contribution < -0.4 is 11.2 Å². The minimum atomic E-state index is -0.446. The van der Waals surface area contributed by atoms with Gasteiger partial charge in [-0.15, -0.1) is 0 Å². The van der Waals surface area contributed by atoms with Crippen LogP contribution >= 0.6 is 0 Å². The van der Waals surface area contributed by atoms with Crippen LogP contribution in [0.1, 0.15) is 18.2 Å². The smallest absolute Gasteiger partial charge is 0.332 e. The number of methoxy groups -OCH3 is 2. The molecule has 0 saturated carbocycles. The topological polar surface area (TPSA) is 71.7 Å². The van der Waals surface area contributed by atoms with Gasteiger partial charge in [-0.3, -0.25) is 13.9 Å². The minimum absolute atomic E-state index is 0.135. The molecule has 1 aliphatic heterocycles. The molecule has 1 saturated heterocycles. The van der Waals surface area contributed by atoms with Gasteiger partial charge in [0.15, 0.2) is 0 Å². The highest BCUT2D eigenvalue weighted by Gasteiger charge is 2.37. The molecule has 3 unspecified atom stereocenters. The molecule has 7 nitrogen and oxygen atoms in total. The van der Waals surface area contributed by atoms with Gasteiger partial charge in [0.05, 0.1) is 12.7 Å². The van der Waals surface area contributed by atoms with Gasteiger partial charge in [-0.2, -0.15) is 0 Å². The van der Waals surface area contributed by atoms with E-state index in [4.69, 9.17) is 14.2 Å².